The quantitative estimate of drug-likeness (QED) is 0.697. The number of para-hydroxylation sites is 1. The minimum atomic E-state index is -0.358. The highest BCUT2D eigenvalue weighted by Gasteiger charge is 2.19. The maximum absolute atomic E-state index is 12.5. The minimum absolute atomic E-state index is 0.0483. The van der Waals surface area contributed by atoms with Crippen LogP contribution in [0.25, 0.3) is 0 Å². The first-order valence-electron chi connectivity index (χ1n) is 9.44. The van der Waals surface area contributed by atoms with E-state index in [1.54, 1.807) is 14.1 Å². The summed E-state index contributed by atoms with van der Waals surface area (Å²) in [6.45, 7) is 1.94. The summed E-state index contributed by atoms with van der Waals surface area (Å²) in [4.78, 5) is 25.8. The van der Waals surface area contributed by atoms with Gasteiger partial charge in [0, 0.05) is 32.1 Å². The fourth-order valence-corrected chi connectivity index (χ4v) is 2.84. The van der Waals surface area contributed by atoms with E-state index in [1.807, 2.05) is 61.5 Å². The normalized spacial score (nSPS) is 12.7. The molecule has 2 aromatic carbocycles. The fourth-order valence-electron chi connectivity index (χ4n) is 2.84. The van der Waals surface area contributed by atoms with Gasteiger partial charge in [-0.15, -0.1) is 0 Å². The lowest BCUT2D eigenvalue weighted by molar-refractivity contribution is -0.130. The van der Waals surface area contributed by atoms with E-state index in [2.05, 4.69) is 5.32 Å². The Bertz CT molecular complexity index is 778. The molecule has 3 N–H and O–H groups in total. The average Bonchev–Trinajstić information content (AvgIpc) is 2.71. The zero-order chi connectivity index (χ0) is 20.5. The molecule has 0 saturated heterocycles. The van der Waals surface area contributed by atoms with Crippen molar-refractivity contribution < 1.29 is 14.3 Å². The molecule has 0 aromatic heterocycles. The number of carbonyl (C=O) groups is 2. The molecule has 2 rings (SSSR count). The summed E-state index contributed by atoms with van der Waals surface area (Å²) >= 11 is 0. The molecule has 0 fully saturated rings. The Labute approximate surface area is 166 Å². The van der Waals surface area contributed by atoms with Crippen LogP contribution in [-0.2, 0) is 9.59 Å². The highest BCUT2D eigenvalue weighted by Crippen LogP contribution is 2.27. The van der Waals surface area contributed by atoms with Crippen molar-refractivity contribution >= 4 is 11.8 Å². The number of amides is 2. The molecular formula is C22H29N3O3. The van der Waals surface area contributed by atoms with Gasteiger partial charge in [-0.1, -0.05) is 55.5 Å². The number of carbonyl (C=O) groups excluding carboxylic acids is 2. The molecule has 6 heteroatoms. The molecule has 0 radical (unpaired) electrons. The molecule has 0 bridgehead atoms. The summed E-state index contributed by atoms with van der Waals surface area (Å²) in [6.07, 6.45) is 0.886. The van der Waals surface area contributed by atoms with E-state index in [9.17, 15) is 9.59 Å². The van der Waals surface area contributed by atoms with Gasteiger partial charge < -0.3 is 20.7 Å². The van der Waals surface area contributed by atoms with Crippen LogP contribution in [0.3, 0.4) is 0 Å². The average molecular weight is 383 g/mol. The van der Waals surface area contributed by atoms with Crippen molar-refractivity contribution in [3.05, 3.63) is 65.7 Å². The molecular weight excluding hydrogens is 354 g/mol. The number of benzene rings is 2. The molecule has 0 aliphatic rings. The topological polar surface area (TPSA) is 84.7 Å². The monoisotopic (exact) mass is 383 g/mol. The summed E-state index contributed by atoms with van der Waals surface area (Å²) in [5.41, 5.74) is 7.94. The number of likely N-dealkylation sites (N-methyl/N-ethyl adjacent to an activating group) is 1. The summed E-state index contributed by atoms with van der Waals surface area (Å²) in [6, 6.07) is 16.4. The molecule has 2 aromatic rings. The smallest absolute Gasteiger partial charge is 0.259 e. The van der Waals surface area contributed by atoms with E-state index in [4.69, 9.17) is 10.5 Å². The lowest BCUT2D eigenvalue weighted by Crippen LogP contribution is -2.31. The molecule has 2 unspecified atom stereocenters. The maximum Gasteiger partial charge on any atom is 0.259 e. The van der Waals surface area contributed by atoms with Crippen molar-refractivity contribution in [2.75, 3.05) is 20.7 Å². The predicted octanol–water partition coefficient (Wildman–Crippen LogP) is 2.81. The molecule has 2 amide bonds. The Kier molecular flexibility index (Phi) is 8.02. The number of hydrogen-bond donors (Lipinski definition) is 2. The van der Waals surface area contributed by atoms with E-state index >= 15 is 0 Å². The van der Waals surface area contributed by atoms with Crippen LogP contribution >= 0.6 is 0 Å². The standard InChI is InChI=1S/C22H29N3O3/c1-4-19(24-21(26)14-18(23)16-10-6-5-7-11-16)17-12-8-9-13-20(17)28-15-22(27)25(2)3/h5-13,18-19H,4,14-15,23H2,1-3H3,(H,24,26). The van der Waals surface area contributed by atoms with Crippen LogP contribution in [0.2, 0.25) is 0 Å². The number of nitrogens with zero attached hydrogens (tertiary/aromatic N) is 1. The number of ether oxygens (including phenoxy) is 1. The molecule has 0 saturated carbocycles. The van der Waals surface area contributed by atoms with E-state index in [0.717, 1.165) is 11.1 Å². The molecule has 150 valence electrons. The third-order valence-corrected chi connectivity index (χ3v) is 4.52. The molecule has 0 spiro atoms. The summed E-state index contributed by atoms with van der Waals surface area (Å²) < 4.78 is 5.71. The summed E-state index contributed by atoms with van der Waals surface area (Å²) in [7, 11) is 3.37. The second-order valence-electron chi connectivity index (χ2n) is 6.86. The van der Waals surface area contributed by atoms with Gasteiger partial charge in [0.15, 0.2) is 6.61 Å². The van der Waals surface area contributed by atoms with Gasteiger partial charge in [-0.25, -0.2) is 0 Å². The number of nitrogens with two attached hydrogens (primary N) is 1. The van der Waals surface area contributed by atoms with Gasteiger partial charge in [0.1, 0.15) is 5.75 Å². The molecule has 28 heavy (non-hydrogen) atoms. The maximum atomic E-state index is 12.5. The second-order valence-corrected chi connectivity index (χ2v) is 6.86. The van der Waals surface area contributed by atoms with Crippen molar-refractivity contribution in [2.45, 2.75) is 31.8 Å². The van der Waals surface area contributed by atoms with Crippen LogP contribution < -0.4 is 15.8 Å². The van der Waals surface area contributed by atoms with Gasteiger partial charge in [0.25, 0.3) is 5.91 Å². The molecule has 6 nitrogen and oxygen atoms in total. The lowest BCUT2D eigenvalue weighted by atomic mass is 10.0. The first-order valence-corrected chi connectivity index (χ1v) is 9.44. The Hall–Kier alpha value is -2.86. The third-order valence-electron chi connectivity index (χ3n) is 4.52. The largest absolute Gasteiger partial charge is 0.483 e. The highest BCUT2D eigenvalue weighted by atomic mass is 16.5. The Balaban J connectivity index is 2.04. The summed E-state index contributed by atoms with van der Waals surface area (Å²) in [5, 5.41) is 3.04. The Morgan fingerprint density at radius 1 is 1.07 bits per heavy atom. The number of rotatable bonds is 9. The van der Waals surface area contributed by atoms with Crippen molar-refractivity contribution in [1.82, 2.24) is 10.2 Å². The van der Waals surface area contributed by atoms with Crippen molar-refractivity contribution in [3.8, 4) is 5.75 Å². The number of nitrogens with one attached hydrogen (secondary N) is 1. The van der Waals surface area contributed by atoms with E-state index in [1.165, 1.54) is 4.90 Å². The van der Waals surface area contributed by atoms with Gasteiger partial charge in [-0.3, -0.25) is 9.59 Å². The van der Waals surface area contributed by atoms with Crippen LogP contribution in [-0.4, -0.2) is 37.4 Å². The zero-order valence-electron chi connectivity index (χ0n) is 16.7. The Morgan fingerprint density at radius 2 is 1.71 bits per heavy atom. The SMILES string of the molecule is CCC(NC(=O)CC(N)c1ccccc1)c1ccccc1OCC(=O)N(C)C. The van der Waals surface area contributed by atoms with Crippen LogP contribution in [0, 0.1) is 0 Å². The van der Waals surface area contributed by atoms with Crippen LogP contribution in [0.4, 0.5) is 0 Å². The minimum Gasteiger partial charge on any atom is -0.483 e. The van der Waals surface area contributed by atoms with E-state index < -0.39 is 0 Å². The van der Waals surface area contributed by atoms with Gasteiger partial charge in [-0.05, 0) is 18.1 Å². The van der Waals surface area contributed by atoms with Crippen molar-refractivity contribution in [1.29, 1.82) is 0 Å². The molecule has 2 atom stereocenters. The van der Waals surface area contributed by atoms with Crippen LogP contribution in [0.1, 0.15) is 43.0 Å². The number of hydrogen-bond acceptors (Lipinski definition) is 4. The second kappa shape index (κ2) is 10.5. The van der Waals surface area contributed by atoms with Crippen molar-refractivity contribution in [3.63, 3.8) is 0 Å². The van der Waals surface area contributed by atoms with E-state index in [-0.39, 0.29) is 36.9 Å². The van der Waals surface area contributed by atoms with E-state index in [0.29, 0.717) is 12.2 Å². The molecule has 0 heterocycles. The van der Waals surface area contributed by atoms with Gasteiger partial charge in [0.2, 0.25) is 5.91 Å². The van der Waals surface area contributed by atoms with Crippen molar-refractivity contribution in [2.24, 2.45) is 5.73 Å². The fraction of sp³-hybridized carbons (Fsp3) is 0.364. The van der Waals surface area contributed by atoms with Gasteiger partial charge >= 0.3 is 0 Å². The highest BCUT2D eigenvalue weighted by molar-refractivity contribution is 5.78. The summed E-state index contributed by atoms with van der Waals surface area (Å²) in [5.74, 6) is 0.348. The predicted molar refractivity (Wildman–Crippen MR) is 110 cm³/mol. The molecule has 0 aliphatic carbocycles. The Morgan fingerprint density at radius 3 is 2.36 bits per heavy atom. The first-order chi connectivity index (χ1) is 13.4. The van der Waals surface area contributed by atoms with Gasteiger partial charge in [0.05, 0.1) is 6.04 Å². The third kappa shape index (κ3) is 6.09. The van der Waals surface area contributed by atoms with Crippen LogP contribution in [0.15, 0.2) is 54.6 Å². The zero-order valence-corrected chi connectivity index (χ0v) is 16.7. The molecule has 0 aliphatic heterocycles. The first kappa shape index (κ1) is 21.4. The lowest BCUT2D eigenvalue weighted by Gasteiger charge is -2.22. The van der Waals surface area contributed by atoms with Gasteiger partial charge in [-0.2, -0.15) is 0 Å². The van der Waals surface area contributed by atoms with Crippen LogP contribution in [0.5, 0.6) is 5.75 Å².